The van der Waals surface area contributed by atoms with E-state index in [0.29, 0.717) is 18.2 Å². The number of rotatable bonds is 8. The number of nitrogens with zero attached hydrogens (tertiary/aromatic N) is 3. The number of carbonyl (C=O) groups excluding carboxylic acids is 1. The molecule has 0 radical (unpaired) electrons. The number of likely N-dealkylation sites (tertiary alicyclic amines) is 1. The average molecular weight is 569 g/mol. The van der Waals surface area contributed by atoms with E-state index in [1.807, 2.05) is 41.3 Å². The maximum absolute atomic E-state index is 13.5. The zero-order valence-electron chi connectivity index (χ0n) is 23.1. The SMILES string of the molecule is CC(C)N1CCC(N(Cc2cccc(Nc3ccncc3)c2)C(=O)/C=C/c2ccc(C(F)(F)F)cc2)CC1.O=CO. The smallest absolute Gasteiger partial charge is 0.416 e. The fourth-order valence-electron chi connectivity index (χ4n) is 4.69. The number of alkyl halides is 3. The maximum Gasteiger partial charge on any atom is 0.416 e. The van der Waals surface area contributed by atoms with E-state index in [9.17, 15) is 18.0 Å². The van der Waals surface area contributed by atoms with Gasteiger partial charge in [-0.15, -0.1) is 0 Å². The van der Waals surface area contributed by atoms with Crippen molar-refractivity contribution in [2.45, 2.75) is 51.5 Å². The Morgan fingerprint density at radius 3 is 2.29 bits per heavy atom. The number of hydrogen-bond acceptors (Lipinski definition) is 5. The molecule has 0 atom stereocenters. The summed E-state index contributed by atoms with van der Waals surface area (Å²) < 4.78 is 38.7. The van der Waals surface area contributed by atoms with Crippen molar-refractivity contribution in [2.24, 2.45) is 0 Å². The van der Waals surface area contributed by atoms with E-state index in [1.54, 1.807) is 18.5 Å². The van der Waals surface area contributed by atoms with Crippen molar-refractivity contribution in [1.82, 2.24) is 14.8 Å². The van der Waals surface area contributed by atoms with Gasteiger partial charge in [-0.05, 0) is 80.3 Å². The molecule has 4 rings (SSSR count). The van der Waals surface area contributed by atoms with E-state index in [4.69, 9.17) is 9.90 Å². The summed E-state index contributed by atoms with van der Waals surface area (Å²) in [6.45, 7) is 6.37. The summed E-state index contributed by atoms with van der Waals surface area (Å²) in [5, 5.41) is 10.3. The third-order valence-corrected chi connectivity index (χ3v) is 6.86. The highest BCUT2D eigenvalue weighted by Crippen LogP contribution is 2.29. The van der Waals surface area contributed by atoms with Crippen LogP contribution in [0.5, 0.6) is 0 Å². The van der Waals surface area contributed by atoms with E-state index < -0.39 is 11.7 Å². The second-order valence-electron chi connectivity index (χ2n) is 9.95. The van der Waals surface area contributed by atoms with Gasteiger partial charge in [0.2, 0.25) is 5.91 Å². The van der Waals surface area contributed by atoms with Crippen LogP contribution in [0.15, 0.2) is 79.1 Å². The highest BCUT2D eigenvalue weighted by atomic mass is 19.4. The van der Waals surface area contributed by atoms with Gasteiger partial charge in [-0.1, -0.05) is 24.3 Å². The predicted octanol–water partition coefficient (Wildman–Crippen LogP) is 6.46. The number of amides is 1. The molecule has 1 fully saturated rings. The lowest BCUT2D eigenvalue weighted by molar-refractivity contribution is -0.137. The molecule has 1 saturated heterocycles. The Bertz CT molecular complexity index is 1270. The molecule has 3 aromatic rings. The summed E-state index contributed by atoms with van der Waals surface area (Å²) >= 11 is 0. The van der Waals surface area contributed by atoms with E-state index in [2.05, 4.69) is 29.0 Å². The number of halogens is 3. The van der Waals surface area contributed by atoms with Gasteiger partial charge < -0.3 is 20.2 Å². The van der Waals surface area contributed by atoms with Crippen molar-refractivity contribution in [3.05, 3.63) is 95.8 Å². The lowest BCUT2D eigenvalue weighted by Gasteiger charge is -2.39. The molecule has 2 N–H and O–H groups in total. The van der Waals surface area contributed by atoms with Crippen LogP contribution >= 0.6 is 0 Å². The Kier molecular flexibility index (Phi) is 11.5. The summed E-state index contributed by atoms with van der Waals surface area (Å²) in [6, 6.07) is 17.1. The van der Waals surface area contributed by atoms with Gasteiger partial charge in [0.1, 0.15) is 0 Å². The highest BCUT2D eigenvalue weighted by Gasteiger charge is 2.30. The molecule has 41 heavy (non-hydrogen) atoms. The molecule has 1 aliphatic heterocycles. The molecular formula is C31H35F3N4O3. The second-order valence-corrected chi connectivity index (χ2v) is 9.95. The minimum atomic E-state index is -4.39. The average Bonchev–Trinajstić information content (AvgIpc) is 2.96. The molecule has 2 heterocycles. The zero-order chi connectivity index (χ0) is 29.8. The normalized spacial score (nSPS) is 14.4. The molecule has 1 aromatic heterocycles. The van der Waals surface area contributed by atoms with Gasteiger partial charge in [-0.25, -0.2) is 0 Å². The Hall–Kier alpha value is -4.18. The second kappa shape index (κ2) is 15.0. The summed E-state index contributed by atoms with van der Waals surface area (Å²) in [4.78, 5) is 30.2. The third kappa shape index (κ3) is 9.75. The van der Waals surface area contributed by atoms with Crippen LogP contribution in [0, 0.1) is 0 Å². The topological polar surface area (TPSA) is 85.8 Å². The first kappa shape index (κ1) is 31.3. The fraction of sp³-hybridized carbons (Fsp3) is 0.323. The molecule has 0 bridgehead atoms. The molecule has 10 heteroatoms. The quantitative estimate of drug-likeness (QED) is 0.240. The van der Waals surface area contributed by atoms with E-state index in [1.165, 1.54) is 18.2 Å². The van der Waals surface area contributed by atoms with Gasteiger partial charge in [-0.2, -0.15) is 13.2 Å². The van der Waals surface area contributed by atoms with Crippen molar-refractivity contribution < 1.29 is 27.9 Å². The summed E-state index contributed by atoms with van der Waals surface area (Å²) in [7, 11) is 0. The number of carbonyl (C=O) groups is 2. The van der Waals surface area contributed by atoms with Gasteiger partial charge in [0.25, 0.3) is 6.47 Å². The fourth-order valence-corrected chi connectivity index (χ4v) is 4.69. The molecule has 0 aliphatic carbocycles. The third-order valence-electron chi connectivity index (χ3n) is 6.86. The molecule has 0 unspecified atom stereocenters. The first-order valence-corrected chi connectivity index (χ1v) is 13.3. The standard InChI is InChI=1S/C30H33F3N4O.CH2O2/c1-22(2)36-18-14-28(15-19-36)37(29(38)11-8-23-6-9-25(10-7-23)30(31,32)33)21-24-4-3-5-27(20-24)35-26-12-16-34-17-13-26;2-1-3/h3-13,16-17,20,22,28H,14-15,18-19,21H2,1-2H3,(H,34,35);1H,(H,2,3)/b11-8+;. The Labute approximate surface area is 238 Å². The number of pyridine rings is 1. The van der Waals surface area contributed by atoms with Gasteiger partial charge in [0.05, 0.1) is 5.56 Å². The summed E-state index contributed by atoms with van der Waals surface area (Å²) in [5.74, 6) is -0.152. The number of nitrogens with one attached hydrogen (secondary N) is 1. The molecule has 1 aliphatic rings. The van der Waals surface area contributed by atoms with E-state index in [0.717, 1.165) is 55.0 Å². The largest absolute Gasteiger partial charge is 0.483 e. The summed E-state index contributed by atoms with van der Waals surface area (Å²) in [5.41, 5.74) is 2.66. The van der Waals surface area contributed by atoms with Crippen LogP contribution in [0.2, 0.25) is 0 Å². The van der Waals surface area contributed by atoms with Crippen LogP contribution in [0.25, 0.3) is 6.08 Å². The van der Waals surface area contributed by atoms with Crippen LogP contribution in [-0.4, -0.2) is 57.4 Å². The van der Waals surface area contributed by atoms with E-state index >= 15 is 0 Å². The summed E-state index contributed by atoms with van der Waals surface area (Å²) in [6.07, 6.45) is 3.84. The molecule has 1 amide bonds. The zero-order valence-corrected chi connectivity index (χ0v) is 23.1. The molecule has 7 nitrogen and oxygen atoms in total. The maximum atomic E-state index is 13.5. The number of hydrogen-bond donors (Lipinski definition) is 2. The lowest BCUT2D eigenvalue weighted by Crippen LogP contribution is -2.48. The van der Waals surface area contributed by atoms with Crippen molar-refractivity contribution >= 4 is 29.8 Å². The number of carboxylic acid groups (broad SMARTS) is 1. The van der Waals surface area contributed by atoms with Crippen molar-refractivity contribution in [3.63, 3.8) is 0 Å². The number of benzene rings is 2. The van der Waals surface area contributed by atoms with Crippen LogP contribution in [-0.2, 0) is 22.3 Å². The molecule has 218 valence electrons. The first-order chi connectivity index (χ1) is 19.6. The molecular weight excluding hydrogens is 533 g/mol. The molecule has 2 aromatic carbocycles. The van der Waals surface area contributed by atoms with Crippen molar-refractivity contribution in [2.75, 3.05) is 18.4 Å². The van der Waals surface area contributed by atoms with Crippen LogP contribution in [0.4, 0.5) is 24.5 Å². The first-order valence-electron chi connectivity index (χ1n) is 13.3. The number of aromatic nitrogens is 1. The van der Waals surface area contributed by atoms with E-state index in [-0.39, 0.29) is 18.4 Å². The van der Waals surface area contributed by atoms with Gasteiger partial charge in [-0.3, -0.25) is 14.6 Å². The Morgan fingerprint density at radius 2 is 1.71 bits per heavy atom. The van der Waals surface area contributed by atoms with Crippen molar-refractivity contribution in [3.8, 4) is 0 Å². The Balaban J connectivity index is 0.00000147. The lowest BCUT2D eigenvalue weighted by atomic mass is 10.0. The number of piperidine rings is 1. The minimum Gasteiger partial charge on any atom is -0.483 e. The monoisotopic (exact) mass is 568 g/mol. The highest BCUT2D eigenvalue weighted by molar-refractivity contribution is 5.92. The molecule has 0 spiro atoms. The van der Waals surface area contributed by atoms with Crippen LogP contribution < -0.4 is 5.32 Å². The van der Waals surface area contributed by atoms with Gasteiger partial charge in [0.15, 0.2) is 0 Å². The van der Waals surface area contributed by atoms with Crippen LogP contribution in [0.1, 0.15) is 43.4 Å². The molecule has 0 saturated carbocycles. The van der Waals surface area contributed by atoms with Crippen molar-refractivity contribution in [1.29, 1.82) is 0 Å². The predicted molar refractivity (Wildman–Crippen MR) is 153 cm³/mol. The van der Waals surface area contributed by atoms with Gasteiger partial charge >= 0.3 is 6.18 Å². The number of anilines is 2. The Morgan fingerprint density at radius 1 is 1.07 bits per heavy atom. The van der Waals surface area contributed by atoms with Crippen LogP contribution in [0.3, 0.4) is 0 Å². The minimum absolute atomic E-state index is 0.0755. The van der Waals surface area contributed by atoms with Gasteiger partial charge in [0, 0.05) is 61.6 Å².